The van der Waals surface area contributed by atoms with E-state index >= 15 is 0 Å². The summed E-state index contributed by atoms with van der Waals surface area (Å²) in [5.41, 5.74) is 4.47. The third-order valence-corrected chi connectivity index (χ3v) is 6.12. The first-order valence-corrected chi connectivity index (χ1v) is 9.25. The van der Waals surface area contributed by atoms with Gasteiger partial charge in [-0.1, -0.05) is 49.4 Å². The average molecular weight is 321 g/mol. The minimum absolute atomic E-state index is 0.664. The van der Waals surface area contributed by atoms with Crippen LogP contribution in [0.4, 0.5) is 0 Å². The monoisotopic (exact) mass is 321 g/mol. The van der Waals surface area contributed by atoms with E-state index in [1.807, 2.05) is 0 Å². The van der Waals surface area contributed by atoms with Gasteiger partial charge >= 0.3 is 0 Å². The number of likely N-dealkylation sites (N-methyl/N-ethyl adjacent to an activating group) is 1. The molecule has 1 aliphatic heterocycles. The molecule has 0 bridgehead atoms. The molecule has 126 valence electrons. The topological polar surface area (TPSA) is 12.5 Å². The Bertz CT molecular complexity index is 696. The third-order valence-electron chi connectivity index (χ3n) is 6.12. The molecule has 0 saturated carbocycles. The van der Waals surface area contributed by atoms with Crippen molar-refractivity contribution in [3.05, 3.63) is 65.2 Å². The average Bonchev–Trinajstić information content (AvgIpc) is 3.00. The lowest BCUT2D eigenvalue weighted by molar-refractivity contribution is 0.228. The maximum atomic E-state index is 5.62. The van der Waals surface area contributed by atoms with Crippen molar-refractivity contribution < 1.29 is 4.74 Å². The lowest BCUT2D eigenvalue weighted by atomic mass is 9.73. The quantitative estimate of drug-likeness (QED) is 0.833. The van der Waals surface area contributed by atoms with Gasteiger partial charge in [-0.2, -0.15) is 0 Å². The van der Waals surface area contributed by atoms with Gasteiger partial charge in [-0.15, -0.1) is 0 Å². The van der Waals surface area contributed by atoms with Gasteiger partial charge in [0.25, 0.3) is 0 Å². The van der Waals surface area contributed by atoms with Crippen LogP contribution >= 0.6 is 0 Å². The molecule has 2 aliphatic rings. The highest BCUT2D eigenvalue weighted by Gasteiger charge is 2.44. The van der Waals surface area contributed by atoms with Crippen LogP contribution in [0.1, 0.15) is 36.0 Å². The fourth-order valence-corrected chi connectivity index (χ4v) is 4.98. The molecule has 2 aromatic carbocycles. The molecule has 0 aromatic heterocycles. The summed E-state index contributed by atoms with van der Waals surface area (Å²) in [7, 11) is 1.80. The van der Waals surface area contributed by atoms with Gasteiger partial charge in [-0.05, 0) is 54.5 Å². The maximum absolute atomic E-state index is 5.62. The van der Waals surface area contributed by atoms with Crippen LogP contribution in [0.5, 0.6) is 5.75 Å². The molecular weight excluding hydrogens is 294 g/mol. The first kappa shape index (κ1) is 15.7. The summed E-state index contributed by atoms with van der Waals surface area (Å²) in [6, 6.07) is 18.3. The van der Waals surface area contributed by atoms with Gasteiger partial charge in [-0.3, -0.25) is 4.90 Å². The molecule has 0 N–H and O–H groups in total. The van der Waals surface area contributed by atoms with Gasteiger partial charge in [0, 0.05) is 18.5 Å². The summed E-state index contributed by atoms with van der Waals surface area (Å²) in [5, 5.41) is 0. The Labute approximate surface area is 145 Å². The molecule has 1 heterocycles. The second-order valence-corrected chi connectivity index (χ2v) is 7.18. The first-order valence-electron chi connectivity index (χ1n) is 9.25. The van der Waals surface area contributed by atoms with Crippen molar-refractivity contribution in [2.75, 3.05) is 20.2 Å². The zero-order chi connectivity index (χ0) is 16.5. The van der Waals surface area contributed by atoms with Gasteiger partial charge in [-0.25, -0.2) is 0 Å². The first-order chi connectivity index (χ1) is 11.8. The Morgan fingerprint density at radius 3 is 2.67 bits per heavy atom. The molecular formula is C22H27NO. The molecule has 3 unspecified atom stereocenters. The molecule has 2 nitrogen and oxygen atoms in total. The van der Waals surface area contributed by atoms with Crippen LogP contribution < -0.4 is 4.74 Å². The number of rotatable bonds is 4. The van der Waals surface area contributed by atoms with Crippen LogP contribution in [0.3, 0.4) is 0 Å². The smallest absolute Gasteiger partial charge is 0.122 e. The maximum Gasteiger partial charge on any atom is 0.122 e. The second-order valence-electron chi connectivity index (χ2n) is 7.18. The Kier molecular flexibility index (Phi) is 4.32. The molecule has 4 rings (SSSR count). The van der Waals surface area contributed by atoms with E-state index in [-0.39, 0.29) is 0 Å². The van der Waals surface area contributed by atoms with E-state index in [9.17, 15) is 0 Å². The summed E-state index contributed by atoms with van der Waals surface area (Å²) < 4.78 is 5.62. The Morgan fingerprint density at radius 1 is 1.08 bits per heavy atom. The lowest BCUT2D eigenvalue weighted by Crippen LogP contribution is -2.35. The van der Waals surface area contributed by atoms with Crippen LogP contribution in [0.15, 0.2) is 48.5 Å². The van der Waals surface area contributed by atoms with Crippen molar-refractivity contribution in [3.63, 3.8) is 0 Å². The number of methoxy groups -OCH3 is 1. The van der Waals surface area contributed by atoms with Crippen LogP contribution in [-0.4, -0.2) is 31.1 Å². The fourth-order valence-electron chi connectivity index (χ4n) is 4.98. The van der Waals surface area contributed by atoms with Crippen molar-refractivity contribution in [3.8, 4) is 5.75 Å². The van der Waals surface area contributed by atoms with E-state index in [0.717, 1.165) is 24.6 Å². The molecule has 3 atom stereocenters. The number of hydrogen-bond donors (Lipinski definition) is 0. The Hall–Kier alpha value is -1.80. The number of ether oxygens (including phenoxy) is 1. The number of fused-ring (bicyclic) bond motifs is 3. The molecule has 0 radical (unpaired) electrons. The Morgan fingerprint density at radius 2 is 1.92 bits per heavy atom. The Balaban J connectivity index is 1.65. The van der Waals surface area contributed by atoms with E-state index < -0.39 is 0 Å². The van der Waals surface area contributed by atoms with Crippen molar-refractivity contribution in [1.82, 2.24) is 4.90 Å². The number of likely N-dealkylation sites (tertiary alicyclic amines) is 1. The van der Waals surface area contributed by atoms with Crippen LogP contribution in [0.25, 0.3) is 0 Å². The summed E-state index contributed by atoms with van der Waals surface area (Å²) in [6.07, 6.45) is 3.62. The van der Waals surface area contributed by atoms with Gasteiger partial charge < -0.3 is 4.74 Å². The van der Waals surface area contributed by atoms with Crippen LogP contribution in [0, 0.1) is 5.92 Å². The van der Waals surface area contributed by atoms with Crippen molar-refractivity contribution in [1.29, 1.82) is 0 Å². The van der Waals surface area contributed by atoms with Crippen LogP contribution in [0.2, 0.25) is 0 Å². The van der Waals surface area contributed by atoms with E-state index in [2.05, 4.69) is 60.4 Å². The zero-order valence-electron chi connectivity index (χ0n) is 14.7. The van der Waals surface area contributed by atoms with Crippen LogP contribution in [-0.2, 0) is 12.8 Å². The molecule has 1 fully saturated rings. The van der Waals surface area contributed by atoms with Crippen molar-refractivity contribution >= 4 is 0 Å². The minimum atomic E-state index is 0.664. The standard InChI is InChI=1S/C22H27NO/c1-3-23-15-20-17-10-7-11-22(24-2)19(17)13-12-18(20)21(23)14-16-8-5-4-6-9-16/h4-11,18,20-21H,3,12-15H2,1-2H3. The number of hydrogen-bond acceptors (Lipinski definition) is 2. The molecule has 2 heteroatoms. The summed E-state index contributed by atoms with van der Waals surface area (Å²) in [6.45, 7) is 4.64. The normalized spacial score (nSPS) is 26.0. The molecule has 24 heavy (non-hydrogen) atoms. The predicted octanol–water partition coefficient (Wildman–Crippen LogP) is 4.29. The predicted molar refractivity (Wildman–Crippen MR) is 98.7 cm³/mol. The highest BCUT2D eigenvalue weighted by atomic mass is 16.5. The number of benzene rings is 2. The summed E-state index contributed by atoms with van der Waals surface area (Å²) in [5.74, 6) is 2.52. The van der Waals surface area contributed by atoms with Gasteiger partial charge in [0.15, 0.2) is 0 Å². The molecule has 2 aromatic rings. The molecule has 0 amide bonds. The summed E-state index contributed by atoms with van der Waals surface area (Å²) >= 11 is 0. The highest BCUT2D eigenvalue weighted by Crippen LogP contribution is 2.47. The van der Waals surface area contributed by atoms with Crippen molar-refractivity contribution in [2.24, 2.45) is 5.92 Å². The highest BCUT2D eigenvalue weighted by molar-refractivity contribution is 5.45. The van der Waals surface area contributed by atoms with Gasteiger partial charge in [0.1, 0.15) is 5.75 Å². The SMILES string of the molecule is CCN1CC2c3cccc(OC)c3CCC2C1Cc1ccccc1. The van der Waals surface area contributed by atoms with E-state index in [1.165, 1.54) is 30.5 Å². The minimum Gasteiger partial charge on any atom is -0.496 e. The molecule has 0 spiro atoms. The van der Waals surface area contributed by atoms with E-state index in [4.69, 9.17) is 4.74 Å². The zero-order valence-corrected chi connectivity index (χ0v) is 14.7. The van der Waals surface area contributed by atoms with Gasteiger partial charge in [0.2, 0.25) is 0 Å². The second kappa shape index (κ2) is 6.60. The third kappa shape index (κ3) is 2.63. The van der Waals surface area contributed by atoms with E-state index in [0.29, 0.717) is 12.0 Å². The van der Waals surface area contributed by atoms with Gasteiger partial charge in [0.05, 0.1) is 7.11 Å². The molecule has 1 saturated heterocycles. The molecule has 1 aliphatic carbocycles. The fraction of sp³-hybridized carbons (Fsp3) is 0.455. The summed E-state index contributed by atoms with van der Waals surface area (Å²) in [4.78, 5) is 2.71. The van der Waals surface area contributed by atoms with Crippen molar-refractivity contribution in [2.45, 2.75) is 38.1 Å². The van der Waals surface area contributed by atoms with E-state index in [1.54, 1.807) is 12.7 Å². The largest absolute Gasteiger partial charge is 0.496 e. The number of nitrogens with zero attached hydrogens (tertiary/aromatic N) is 1. The lowest BCUT2D eigenvalue weighted by Gasteiger charge is -2.32.